The Hall–Kier alpha value is -0.380. The highest BCUT2D eigenvalue weighted by atomic mass is 79.9. The van der Waals surface area contributed by atoms with Crippen molar-refractivity contribution >= 4 is 50.0 Å². The van der Waals surface area contributed by atoms with Crippen molar-refractivity contribution in [3.8, 4) is 0 Å². The van der Waals surface area contributed by atoms with Crippen LogP contribution in [0.2, 0.25) is 10.0 Å². The highest BCUT2D eigenvalue weighted by molar-refractivity contribution is 9.10. The molecule has 72 valence electrons. The van der Waals surface area contributed by atoms with Gasteiger partial charge in [-0.25, -0.2) is 4.39 Å². The van der Waals surface area contributed by atoms with E-state index in [1.165, 1.54) is 12.3 Å². The van der Waals surface area contributed by atoms with Gasteiger partial charge in [0, 0.05) is 10.7 Å². The third-order valence-corrected chi connectivity index (χ3v) is 3.23. The van der Waals surface area contributed by atoms with Gasteiger partial charge in [0.25, 0.3) is 0 Å². The van der Waals surface area contributed by atoms with E-state index in [9.17, 15) is 4.39 Å². The van der Waals surface area contributed by atoms with Gasteiger partial charge in [-0.2, -0.15) is 0 Å². The second kappa shape index (κ2) is 3.65. The highest BCUT2D eigenvalue weighted by Crippen LogP contribution is 2.34. The second-order valence-electron chi connectivity index (χ2n) is 2.67. The van der Waals surface area contributed by atoms with E-state index >= 15 is 0 Å². The molecule has 1 aromatic carbocycles. The molecule has 1 aromatic heterocycles. The van der Waals surface area contributed by atoms with Gasteiger partial charge < -0.3 is 0 Å². The fourth-order valence-electron chi connectivity index (χ4n) is 1.17. The molecule has 0 radical (unpaired) electrons. The molecule has 0 aliphatic rings. The molecule has 1 heterocycles. The summed E-state index contributed by atoms with van der Waals surface area (Å²) in [6.45, 7) is 0. The fraction of sp³-hybridized carbons (Fsp3) is 0. The molecule has 0 bridgehead atoms. The van der Waals surface area contributed by atoms with Crippen LogP contribution < -0.4 is 0 Å². The van der Waals surface area contributed by atoms with Crippen LogP contribution in [-0.2, 0) is 0 Å². The first kappa shape index (κ1) is 10.1. The van der Waals surface area contributed by atoms with Crippen molar-refractivity contribution in [3.63, 3.8) is 0 Å². The van der Waals surface area contributed by atoms with Gasteiger partial charge in [-0.15, -0.1) is 0 Å². The van der Waals surface area contributed by atoms with Crippen LogP contribution in [0.15, 0.2) is 22.8 Å². The number of pyridine rings is 1. The lowest BCUT2D eigenvalue weighted by atomic mass is 10.2. The van der Waals surface area contributed by atoms with Crippen molar-refractivity contribution < 1.29 is 4.39 Å². The minimum atomic E-state index is -0.428. The number of rotatable bonds is 0. The van der Waals surface area contributed by atoms with Crippen molar-refractivity contribution in [3.05, 3.63) is 38.7 Å². The molecule has 0 spiro atoms. The molecule has 0 atom stereocenters. The van der Waals surface area contributed by atoms with E-state index in [4.69, 9.17) is 23.2 Å². The molecule has 14 heavy (non-hydrogen) atoms. The zero-order valence-corrected chi connectivity index (χ0v) is 9.79. The highest BCUT2D eigenvalue weighted by Gasteiger charge is 2.11. The average molecular weight is 295 g/mol. The molecule has 1 nitrogen and oxygen atoms in total. The number of hydrogen-bond acceptors (Lipinski definition) is 1. The Balaban J connectivity index is 3.01. The predicted octanol–water partition coefficient (Wildman–Crippen LogP) is 4.44. The van der Waals surface area contributed by atoms with Gasteiger partial charge in [-0.3, -0.25) is 4.98 Å². The predicted molar refractivity (Wildman–Crippen MR) is 59.4 cm³/mol. The van der Waals surface area contributed by atoms with Crippen LogP contribution in [0.25, 0.3) is 10.9 Å². The number of aromatic nitrogens is 1. The summed E-state index contributed by atoms with van der Waals surface area (Å²) in [5, 5.41) is 0.681. The monoisotopic (exact) mass is 293 g/mol. The van der Waals surface area contributed by atoms with Crippen LogP contribution in [0, 0.1) is 5.82 Å². The third kappa shape index (κ3) is 1.49. The SMILES string of the molecule is Fc1ccc(Br)c2ncc(Cl)c(Cl)c12. The largest absolute Gasteiger partial charge is 0.253 e. The van der Waals surface area contributed by atoms with Crippen molar-refractivity contribution in [2.75, 3.05) is 0 Å². The summed E-state index contributed by atoms with van der Waals surface area (Å²) < 4.78 is 14.1. The van der Waals surface area contributed by atoms with Gasteiger partial charge in [-0.05, 0) is 28.1 Å². The molecule has 2 rings (SSSR count). The smallest absolute Gasteiger partial charge is 0.134 e. The molecule has 0 aliphatic heterocycles. The summed E-state index contributed by atoms with van der Waals surface area (Å²) in [5.41, 5.74) is 0.472. The summed E-state index contributed by atoms with van der Waals surface area (Å²) in [5.74, 6) is -0.428. The van der Waals surface area contributed by atoms with Crippen molar-refractivity contribution in [2.24, 2.45) is 0 Å². The summed E-state index contributed by atoms with van der Waals surface area (Å²) in [6, 6.07) is 2.89. The molecule has 5 heteroatoms. The minimum absolute atomic E-state index is 0.190. The summed E-state index contributed by atoms with van der Waals surface area (Å²) in [4.78, 5) is 4.00. The summed E-state index contributed by atoms with van der Waals surface area (Å²) >= 11 is 14.9. The van der Waals surface area contributed by atoms with Gasteiger partial charge in [-0.1, -0.05) is 23.2 Å². The molecule has 2 aromatic rings. The maximum absolute atomic E-state index is 13.4. The van der Waals surface area contributed by atoms with E-state index in [0.29, 0.717) is 9.99 Å². The molecule has 0 saturated carbocycles. The third-order valence-electron chi connectivity index (χ3n) is 1.81. The lowest BCUT2D eigenvalue weighted by Gasteiger charge is -2.04. The molecular weight excluding hydrogens is 292 g/mol. The Labute approximate surface area is 98.0 Å². The lowest BCUT2D eigenvalue weighted by molar-refractivity contribution is 0.639. The Morgan fingerprint density at radius 2 is 2.00 bits per heavy atom. The van der Waals surface area contributed by atoms with Crippen LogP contribution >= 0.6 is 39.1 Å². The number of benzene rings is 1. The second-order valence-corrected chi connectivity index (χ2v) is 4.31. The van der Waals surface area contributed by atoms with Crippen LogP contribution in [0.1, 0.15) is 0 Å². The van der Waals surface area contributed by atoms with Crippen LogP contribution in [0.5, 0.6) is 0 Å². The van der Waals surface area contributed by atoms with Gasteiger partial charge in [0.05, 0.1) is 20.9 Å². The van der Waals surface area contributed by atoms with Crippen LogP contribution in [0.3, 0.4) is 0 Å². The van der Waals surface area contributed by atoms with Gasteiger partial charge >= 0.3 is 0 Å². The average Bonchev–Trinajstić information content (AvgIpc) is 2.16. The number of nitrogens with zero attached hydrogens (tertiary/aromatic N) is 1. The Bertz CT molecular complexity index is 516. The van der Waals surface area contributed by atoms with Crippen molar-refractivity contribution in [1.29, 1.82) is 0 Å². The zero-order chi connectivity index (χ0) is 10.3. The first-order valence-electron chi connectivity index (χ1n) is 3.69. The number of fused-ring (bicyclic) bond motifs is 1. The van der Waals surface area contributed by atoms with E-state index < -0.39 is 5.82 Å². The molecular formula is C9H3BrCl2FN. The molecule has 0 saturated heterocycles. The fourth-order valence-corrected chi connectivity index (χ4v) is 1.98. The molecule has 0 N–H and O–H groups in total. The zero-order valence-electron chi connectivity index (χ0n) is 6.69. The maximum atomic E-state index is 13.4. The lowest BCUT2D eigenvalue weighted by Crippen LogP contribution is -1.86. The Kier molecular flexibility index (Phi) is 2.64. The number of halogens is 4. The Morgan fingerprint density at radius 1 is 1.29 bits per heavy atom. The van der Waals surface area contributed by atoms with Gasteiger partial charge in [0.2, 0.25) is 0 Å². The number of hydrogen-bond donors (Lipinski definition) is 0. The van der Waals surface area contributed by atoms with E-state index in [-0.39, 0.29) is 15.4 Å². The topological polar surface area (TPSA) is 12.9 Å². The molecule has 0 amide bonds. The van der Waals surface area contributed by atoms with Gasteiger partial charge in [0.1, 0.15) is 5.82 Å². The maximum Gasteiger partial charge on any atom is 0.134 e. The van der Waals surface area contributed by atoms with E-state index in [0.717, 1.165) is 0 Å². The normalized spacial score (nSPS) is 10.9. The molecule has 0 aliphatic carbocycles. The van der Waals surface area contributed by atoms with E-state index in [1.54, 1.807) is 6.07 Å². The van der Waals surface area contributed by atoms with E-state index in [1.807, 2.05) is 0 Å². The molecule has 0 fully saturated rings. The van der Waals surface area contributed by atoms with Crippen LogP contribution in [0.4, 0.5) is 4.39 Å². The van der Waals surface area contributed by atoms with Crippen LogP contribution in [-0.4, -0.2) is 4.98 Å². The first-order chi connectivity index (χ1) is 6.61. The van der Waals surface area contributed by atoms with Gasteiger partial charge in [0.15, 0.2) is 0 Å². The standard InChI is InChI=1S/C9H3BrCl2FN/c10-4-1-2-6(13)7-8(12)5(11)3-14-9(4)7/h1-3H. The Morgan fingerprint density at radius 3 is 2.71 bits per heavy atom. The quantitative estimate of drug-likeness (QED) is 0.700. The van der Waals surface area contributed by atoms with Crippen molar-refractivity contribution in [1.82, 2.24) is 4.98 Å². The van der Waals surface area contributed by atoms with E-state index in [2.05, 4.69) is 20.9 Å². The van der Waals surface area contributed by atoms with Crippen molar-refractivity contribution in [2.45, 2.75) is 0 Å². The molecule has 0 unspecified atom stereocenters. The summed E-state index contributed by atoms with van der Waals surface area (Å²) in [6.07, 6.45) is 1.40. The first-order valence-corrected chi connectivity index (χ1v) is 5.24. The summed E-state index contributed by atoms with van der Waals surface area (Å²) in [7, 11) is 0. The minimum Gasteiger partial charge on any atom is -0.253 e.